The van der Waals surface area contributed by atoms with Crippen molar-refractivity contribution in [2.24, 2.45) is 5.73 Å². The van der Waals surface area contributed by atoms with Crippen molar-refractivity contribution in [1.29, 1.82) is 0 Å². The van der Waals surface area contributed by atoms with Gasteiger partial charge < -0.3 is 10.5 Å². The van der Waals surface area contributed by atoms with Crippen molar-refractivity contribution in [2.45, 2.75) is 6.61 Å². The van der Waals surface area contributed by atoms with E-state index in [0.717, 1.165) is 12.1 Å². The number of carbonyl (C=O) groups is 1. The Morgan fingerprint density at radius 1 is 1.20 bits per heavy atom. The van der Waals surface area contributed by atoms with Crippen molar-refractivity contribution in [3.8, 4) is 5.75 Å². The zero-order valence-electron chi connectivity index (χ0n) is 10.2. The van der Waals surface area contributed by atoms with E-state index in [9.17, 15) is 13.6 Å². The molecule has 0 aliphatic carbocycles. The van der Waals surface area contributed by atoms with Crippen LogP contribution in [-0.4, -0.2) is 5.91 Å². The summed E-state index contributed by atoms with van der Waals surface area (Å²) in [5, 5.41) is 0.333. The summed E-state index contributed by atoms with van der Waals surface area (Å²) in [6.45, 7) is -0.159. The molecule has 20 heavy (non-hydrogen) atoms. The molecule has 2 aromatic carbocycles. The molecule has 2 aromatic rings. The van der Waals surface area contributed by atoms with Crippen LogP contribution in [0.5, 0.6) is 5.75 Å². The van der Waals surface area contributed by atoms with Gasteiger partial charge in [0.25, 0.3) is 5.91 Å². The molecule has 3 nitrogen and oxygen atoms in total. The number of amides is 1. The minimum Gasteiger partial charge on any atom is -0.488 e. The Balaban J connectivity index is 2.20. The van der Waals surface area contributed by atoms with Crippen molar-refractivity contribution in [3.05, 3.63) is 64.2 Å². The van der Waals surface area contributed by atoms with Crippen LogP contribution < -0.4 is 10.5 Å². The van der Waals surface area contributed by atoms with Crippen LogP contribution in [0.1, 0.15) is 15.9 Å². The number of carbonyl (C=O) groups excluding carboxylic acids is 1. The SMILES string of the molecule is NC(=O)c1cc(Cl)ccc1OCc1ccc(F)cc1F. The normalized spacial score (nSPS) is 10.3. The molecule has 104 valence electrons. The second-order valence-electron chi connectivity index (χ2n) is 4.03. The lowest BCUT2D eigenvalue weighted by molar-refractivity contribution is 0.0996. The first-order chi connectivity index (χ1) is 9.47. The molecule has 0 saturated carbocycles. The van der Waals surface area contributed by atoms with Crippen LogP contribution in [0.4, 0.5) is 8.78 Å². The molecule has 2 N–H and O–H groups in total. The molecular formula is C14H10ClF2NO2. The van der Waals surface area contributed by atoms with Gasteiger partial charge in [-0.3, -0.25) is 4.79 Å². The van der Waals surface area contributed by atoms with E-state index < -0.39 is 17.5 Å². The van der Waals surface area contributed by atoms with Gasteiger partial charge in [-0.25, -0.2) is 8.78 Å². The van der Waals surface area contributed by atoms with Crippen LogP contribution in [0, 0.1) is 11.6 Å². The summed E-state index contributed by atoms with van der Waals surface area (Å²) in [6, 6.07) is 7.49. The maximum absolute atomic E-state index is 13.4. The number of hydrogen-bond donors (Lipinski definition) is 1. The van der Waals surface area contributed by atoms with Crippen LogP contribution in [0.2, 0.25) is 5.02 Å². The smallest absolute Gasteiger partial charge is 0.252 e. The molecule has 0 unspecified atom stereocenters. The Kier molecular flexibility index (Phi) is 4.20. The topological polar surface area (TPSA) is 52.3 Å². The van der Waals surface area contributed by atoms with Gasteiger partial charge in [-0.05, 0) is 30.3 Å². The zero-order chi connectivity index (χ0) is 14.7. The maximum atomic E-state index is 13.4. The highest BCUT2D eigenvalue weighted by Gasteiger charge is 2.11. The van der Waals surface area contributed by atoms with Gasteiger partial charge in [0.15, 0.2) is 0 Å². The number of primary amides is 1. The zero-order valence-corrected chi connectivity index (χ0v) is 11.0. The van der Waals surface area contributed by atoms with Gasteiger partial charge in [0.05, 0.1) is 5.56 Å². The van der Waals surface area contributed by atoms with Crippen LogP contribution in [-0.2, 0) is 6.61 Å². The predicted molar refractivity (Wildman–Crippen MR) is 70.7 cm³/mol. The first-order valence-electron chi connectivity index (χ1n) is 5.63. The Bertz CT molecular complexity index is 662. The summed E-state index contributed by atoms with van der Waals surface area (Å²) in [5.41, 5.74) is 5.46. The van der Waals surface area contributed by atoms with E-state index in [1.54, 1.807) is 0 Å². The average Bonchev–Trinajstić information content (AvgIpc) is 2.38. The lowest BCUT2D eigenvalue weighted by atomic mass is 10.2. The number of nitrogens with two attached hydrogens (primary N) is 1. The van der Waals surface area contributed by atoms with E-state index in [2.05, 4.69) is 0 Å². The Labute approximate surface area is 118 Å². The maximum Gasteiger partial charge on any atom is 0.252 e. The monoisotopic (exact) mass is 297 g/mol. The molecule has 0 bridgehead atoms. The molecule has 0 atom stereocenters. The third-order valence-corrected chi connectivity index (χ3v) is 2.84. The van der Waals surface area contributed by atoms with E-state index in [1.807, 2.05) is 0 Å². The van der Waals surface area contributed by atoms with Gasteiger partial charge in [-0.15, -0.1) is 0 Å². The first kappa shape index (κ1) is 14.3. The minimum atomic E-state index is -0.723. The number of halogens is 3. The third-order valence-electron chi connectivity index (χ3n) is 2.61. The Morgan fingerprint density at radius 3 is 2.60 bits per heavy atom. The second-order valence-corrected chi connectivity index (χ2v) is 4.47. The molecule has 0 saturated heterocycles. The fourth-order valence-corrected chi connectivity index (χ4v) is 1.79. The van der Waals surface area contributed by atoms with Gasteiger partial charge >= 0.3 is 0 Å². The summed E-state index contributed by atoms with van der Waals surface area (Å²) in [4.78, 5) is 11.3. The quantitative estimate of drug-likeness (QED) is 0.941. The van der Waals surface area contributed by atoms with E-state index in [0.29, 0.717) is 5.02 Å². The van der Waals surface area contributed by atoms with Crippen LogP contribution in [0.15, 0.2) is 36.4 Å². The fraction of sp³-hybridized carbons (Fsp3) is 0.0714. The summed E-state index contributed by atoms with van der Waals surface area (Å²) >= 11 is 5.76. The Hall–Kier alpha value is -2.14. The van der Waals surface area contributed by atoms with E-state index in [4.69, 9.17) is 22.1 Å². The molecule has 0 heterocycles. The van der Waals surface area contributed by atoms with Gasteiger partial charge in [-0.2, -0.15) is 0 Å². The highest BCUT2D eigenvalue weighted by Crippen LogP contribution is 2.24. The van der Waals surface area contributed by atoms with E-state index in [-0.39, 0.29) is 23.5 Å². The van der Waals surface area contributed by atoms with E-state index >= 15 is 0 Å². The largest absolute Gasteiger partial charge is 0.488 e. The van der Waals surface area contributed by atoms with Crippen LogP contribution in [0.25, 0.3) is 0 Å². The molecule has 0 aliphatic heterocycles. The molecule has 0 aliphatic rings. The number of ether oxygens (including phenoxy) is 1. The van der Waals surface area contributed by atoms with Crippen LogP contribution >= 0.6 is 11.6 Å². The minimum absolute atomic E-state index is 0.0972. The van der Waals surface area contributed by atoms with E-state index in [1.165, 1.54) is 24.3 Å². The summed E-state index contributed by atoms with van der Waals surface area (Å²) in [7, 11) is 0. The summed E-state index contributed by atoms with van der Waals surface area (Å²) in [6.07, 6.45) is 0. The number of hydrogen-bond acceptors (Lipinski definition) is 2. The molecule has 1 amide bonds. The van der Waals surface area contributed by atoms with Crippen molar-refractivity contribution in [1.82, 2.24) is 0 Å². The predicted octanol–water partition coefficient (Wildman–Crippen LogP) is 3.30. The molecule has 0 aromatic heterocycles. The fourth-order valence-electron chi connectivity index (χ4n) is 1.61. The number of rotatable bonds is 4. The van der Waals surface area contributed by atoms with Crippen LogP contribution in [0.3, 0.4) is 0 Å². The standard InChI is InChI=1S/C14H10ClF2NO2/c15-9-2-4-13(11(5-9)14(18)19)20-7-8-1-3-10(16)6-12(8)17/h1-6H,7H2,(H2,18,19). The van der Waals surface area contributed by atoms with Crippen molar-refractivity contribution < 1.29 is 18.3 Å². The number of benzene rings is 2. The van der Waals surface area contributed by atoms with Gasteiger partial charge in [0, 0.05) is 16.7 Å². The first-order valence-corrected chi connectivity index (χ1v) is 6.01. The van der Waals surface area contributed by atoms with Crippen molar-refractivity contribution in [3.63, 3.8) is 0 Å². The van der Waals surface area contributed by atoms with Crippen molar-refractivity contribution in [2.75, 3.05) is 0 Å². The third kappa shape index (κ3) is 3.24. The molecule has 0 spiro atoms. The highest BCUT2D eigenvalue weighted by molar-refractivity contribution is 6.31. The highest BCUT2D eigenvalue weighted by atomic mass is 35.5. The second kappa shape index (κ2) is 5.88. The molecule has 0 radical (unpaired) electrons. The molecule has 6 heteroatoms. The molecular weight excluding hydrogens is 288 g/mol. The molecule has 0 fully saturated rings. The Morgan fingerprint density at radius 2 is 1.95 bits per heavy atom. The average molecular weight is 298 g/mol. The lowest BCUT2D eigenvalue weighted by Gasteiger charge is -2.10. The van der Waals surface area contributed by atoms with Gasteiger partial charge in [-0.1, -0.05) is 11.6 Å². The lowest BCUT2D eigenvalue weighted by Crippen LogP contribution is -2.13. The van der Waals surface area contributed by atoms with Gasteiger partial charge in [0.2, 0.25) is 0 Å². The van der Waals surface area contributed by atoms with Crippen molar-refractivity contribution >= 4 is 17.5 Å². The summed E-state index contributed by atoms with van der Waals surface area (Å²) in [5.74, 6) is -1.91. The summed E-state index contributed by atoms with van der Waals surface area (Å²) < 4.78 is 31.6. The van der Waals surface area contributed by atoms with Gasteiger partial charge in [0.1, 0.15) is 24.0 Å². The molecule has 2 rings (SSSR count).